The molecule has 3 aliphatic heterocycles. The van der Waals surface area contributed by atoms with E-state index in [4.69, 9.17) is 23.2 Å². The summed E-state index contributed by atoms with van der Waals surface area (Å²) in [5.74, 6) is -0.857. The Hall–Kier alpha value is -2.44. The van der Waals surface area contributed by atoms with Crippen molar-refractivity contribution in [2.45, 2.75) is 34.1 Å². The lowest BCUT2D eigenvalue weighted by Gasteiger charge is -2.36. The summed E-state index contributed by atoms with van der Waals surface area (Å²) in [6.45, 7) is 9.01. The lowest BCUT2D eigenvalue weighted by atomic mass is 9.89. The van der Waals surface area contributed by atoms with Gasteiger partial charge in [0.2, 0.25) is 5.91 Å². The molecule has 0 radical (unpaired) electrons. The monoisotopic (exact) mass is 473 g/mol. The van der Waals surface area contributed by atoms with Gasteiger partial charge in [0, 0.05) is 43.8 Å². The van der Waals surface area contributed by atoms with Crippen LogP contribution in [0.25, 0.3) is 5.57 Å². The summed E-state index contributed by atoms with van der Waals surface area (Å²) in [6.07, 6.45) is 2.45. The topological polar surface area (TPSA) is 70.1 Å². The Bertz CT molecular complexity index is 1140. The second-order valence-corrected chi connectivity index (χ2v) is 9.50. The van der Waals surface area contributed by atoms with Crippen LogP contribution in [-0.4, -0.2) is 59.4 Å². The predicted molar refractivity (Wildman–Crippen MR) is 126 cm³/mol. The van der Waals surface area contributed by atoms with Gasteiger partial charge in [-0.05, 0) is 61.6 Å². The zero-order valence-corrected chi connectivity index (χ0v) is 20.1. The van der Waals surface area contributed by atoms with Gasteiger partial charge in [-0.2, -0.15) is 0 Å². The van der Waals surface area contributed by atoms with Gasteiger partial charge in [0.05, 0.1) is 16.5 Å². The molecule has 32 heavy (non-hydrogen) atoms. The van der Waals surface area contributed by atoms with Crippen LogP contribution in [0.4, 0.5) is 0 Å². The Morgan fingerprint density at radius 2 is 1.88 bits per heavy atom. The molecule has 1 aromatic carbocycles. The highest BCUT2D eigenvalue weighted by Crippen LogP contribution is 2.39. The van der Waals surface area contributed by atoms with E-state index >= 15 is 0 Å². The Morgan fingerprint density at radius 1 is 1.19 bits per heavy atom. The molecule has 4 rings (SSSR count). The van der Waals surface area contributed by atoms with Crippen molar-refractivity contribution in [1.82, 2.24) is 9.80 Å². The number of rotatable bonds is 3. The first-order valence-electron chi connectivity index (χ1n) is 10.6. The van der Waals surface area contributed by atoms with Gasteiger partial charge in [-0.25, -0.2) is 4.99 Å². The van der Waals surface area contributed by atoms with E-state index in [1.54, 1.807) is 23.6 Å². The zero-order chi connectivity index (χ0) is 23.3. The van der Waals surface area contributed by atoms with Gasteiger partial charge in [0.1, 0.15) is 0 Å². The quantitative estimate of drug-likeness (QED) is 0.660. The summed E-state index contributed by atoms with van der Waals surface area (Å²) in [7, 11) is 0. The molecule has 0 saturated carbocycles. The third-order valence-electron chi connectivity index (χ3n) is 6.57. The molecular formula is C24H25Cl2N3O3. The summed E-state index contributed by atoms with van der Waals surface area (Å²) in [5, 5.41) is 0.890. The summed E-state index contributed by atoms with van der Waals surface area (Å²) < 4.78 is 0. The second kappa shape index (κ2) is 8.49. The van der Waals surface area contributed by atoms with Crippen LogP contribution in [0.15, 0.2) is 28.3 Å². The smallest absolute Gasteiger partial charge is 0.255 e. The average molecular weight is 474 g/mol. The molecule has 1 unspecified atom stereocenters. The standard InChI is InChI=1S/C24H25Cl2N3O3/c1-12-7-13(2)27-23(31)19(12)11-28-6-5-17-20(25)8-18(22(26)21(17)24(28)32)14(3)16-9-29(10-16)15(4)30/h7-8,19H,5-6,9-11H2,1-4H3. The van der Waals surface area contributed by atoms with Crippen LogP contribution in [0.2, 0.25) is 10.0 Å². The van der Waals surface area contributed by atoms with E-state index in [0.29, 0.717) is 52.9 Å². The highest BCUT2D eigenvalue weighted by molar-refractivity contribution is 6.38. The molecule has 0 aliphatic carbocycles. The van der Waals surface area contributed by atoms with E-state index < -0.39 is 5.92 Å². The Kier molecular flexibility index (Phi) is 6.03. The first kappa shape index (κ1) is 22.7. The highest BCUT2D eigenvalue weighted by atomic mass is 35.5. The van der Waals surface area contributed by atoms with Gasteiger partial charge in [0.15, 0.2) is 0 Å². The fourth-order valence-electron chi connectivity index (χ4n) is 4.50. The van der Waals surface area contributed by atoms with Gasteiger partial charge in [-0.3, -0.25) is 14.4 Å². The van der Waals surface area contributed by atoms with Crippen LogP contribution in [-0.2, 0) is 16.0 Å². The lowest BCUT2D eigenvalue weighted by molar-refractivity contribution is -0.130. The van der Waals surface area contributed by atoms with Crippen molar-refractivity contribution in [2.24, 2.45) is 10.9 Å². The number of likely N-dealkylation sites (tertiary alicyclic amines) is 1. The molecule has 1 fully saturated rings. The molecule has 1 aromatic rings. The number of fused-ring (bicyclic) bond motifs is 1. The molecule has 1 saturated heterocycles. The van der Waals surface area contributed by atoms with E-state index in [2.05, 4.69) is 4.99 Å². The van der Waals surface area contributed by atoms with Crippen LogP contribution >= 0.6 is 23.2 Å². The maximum absolute atomic E-state index is 13.5. The molecule has 3 heterocycles. The molecule has 0 aromatic heterocycles. The molecule has 1 atom stereocenters. The van der Waals surface area contributed by atoms with E-state index in [1.165, 1.54) is 0 Å². The number of hydrogen-bond acceptors (Lipinski definition) is 3. The minimum absolute atomic E-state index is 0.0306. The number of benzene rings is 1. The second-order valence-electron chi connectivity index (χ2n) is 8.71. The number of amides is 3. The third-order valence-corrected chi connectivity index (χ3v) is 7.30. The largest absolute Gasteiger partial charge is 0.337 e. The fourth-order valence-corrected chi connectivity index (χ4v) is 5.19. The van der Waals surface area contributed by atoms with Crippen molar-refractivity contribution in [3.63, 3.8) is 0 Å². The van der Waals surface area contributed by atoms with Crippen LogP contribution in [0, 0.1) is 5.92 Å². The third kappa shape index (κ3) is 3.90. The molecule has 3 aliphatic rings. The molecule has 6 nitrogen and oxygen atoms in total. The van der Waals surface area contributed by atoms with Gasteiger partial charge in [0.25, 0.3) is 11.8 Å². The summed E-state index contributed by atoms with van der Waals surface area (Å²) in [4.78, 5) is 44.9. The van der Waals surface area contributed by atoms with Crippen LogP contribution in [0.5, 0.6) is 0 Å². The number of aliphatic imine (C=N–C) groups is 1. The van der Waals surface area contributed by atoms with Gasteiger partial charge in [-0.1, -0.05) is 28.8 Å². The fraction of sp³-hybridized carbons (Fsp3) is 0.417. The van der Waals surface area contributed by atoms with Crippen LogP contribution in [0.1, 0.15) is 49.2 Å². The molecule has 0 spiro atoms. The maximum Gasteiger partial charge on any atom is 0.255 e. The first-order valence-corrected chi connectivity index (χ1v) is 11.4. The van der Waals surface area contributed by atoms with Crippen molar-refractivity contribution in [2.75, 3.05) is 26.2 Å². The predicted octanol–water partition coefficient (Wildman–Crippen LogP) is 4.19. The number of hydrogen-bond donors (Lipinski definition) is 0. The van der Waals surface area contributed by atoms with Crippen molar-refractivity contribution >= 4 is 52.2 Å². The summed E-state index contributed by atoms with van der Waals surface area (Å²) in [5.41, 5.74) is 5.49. The Morgan fingerprint density at radius 3 is 2.50 bits per heavy atom. The van der Waals surface area contributed by atoms with Crippen LogP contribution in [0.3, 0.4) is 0 Å². The minimum atomic E-state index is -0.446. The van der Waals surface area contributed by atoms with E-state index in [9.17, 15) is 14.4 Å². The van der Waals surface area contributed by atoms with E-state index in [0.717, 1.165) is 22.3 Å². The number of carbonyl (C=O) groups excluding carboxylic acids is 3. The molecule has 3 amide bonds. The Balaban J connectivity index is 1.64. The van der Waals surface area contributed by atoms with Crippen molar-refractivity contribution in [3.8, 4) is 0 Å². The molecule has 8 heteroatoms. The van der Waals surface area contributed by atoms with Gasteiger partial charge < -0.3 is 9.80 Å². The highest BCUT2D eigenvalue weighted by Gasteiger charge is 2.35. The number of allylic oxidation sites excluding steroid dienone is 2. The van der Waals surface area contributed by atoms with Crippen molar-refractivity contribution in [1.29, 1.82) is 0 Å². The molecule has 0 N–H and O–H groups in total. The van der Waals surface area contributed by atoms with Crippen molar-refractivity contribution in [3.05, 3.63) is 50.0 Å². The SMILES string of the molecule is CC(=O)N1CC(=C(C)c2cc(Cl)c3c(c2Cl)C(=O)N(CC2C(=O)N=C(C)C=C2C)CC3)C1. The average Bonchev–Trinajstić information content (AvgIpc) is 2.66. The van der Waals surface area contributed by atoms with Gasteiger partial charge >= 0.3 is 0 Å². The number of carbonyl (C=O) groups is 3. The molecule has 168 valence electrons. The molecular weight excluding hydrogens is 449 g/mol. The minimum Gasteiger partial charge on any atom is -0.337 e. The summed E-state index contributed by atoms with van der Waals surface area (Å²) in [6, 6.07) is 1.82. The number of halogens is 2. The number of nitrogens with zero attached hydrogens (tertiary/aromatic N) is 3. The van der Waals surface area contributed by atoms with E-state index in [1.807, 2.05) is 26.0 Å². The maximum atomic E-state index is 13.5. The normalized spacial score (nSPS) is 20.6. The van der Waals surface area contributed by atoms with Crippen LogP contribution < -0.4 is 0 Å². The lowest BCUT2D eigenvalue weighted by Crippen LogP contribution is -2.44. The first-order chi connectivity index (χ1) is 15.1. The van der Waals surface area contributed by atoms with Crippen molar-refractivity contribution < 1.29 is 14.4 Å². The van der Waals surface area contributed by atoms with Gasteiger partial charge in [-0.15, -0.1) is 0 Å². The number of dihydropyridines is 1. The molecule has 0 bridgehead atoms. The Labute approximate surface area is 197 Å². The zero-order valence-electron chi connectivity index (χ0n) is 18.6. The summed E-state index contributed by atoms with van der Waals surface area (Å²) >= 11 is 13.4. The van der Waals surface area contributed by atoms with E-state index in [-0.39, 0.29) is 24.3 Å².